The van der Waals surface area contributed by atoms with Gasteiger partial charge in [-0.05, 0) is 25.5 Å². The van der Waals surface area contributed by atoms with Crippen LogP contribution in [-0.2, 0) is 10.3 Å². The Morgan fingerprint density at radius 1 is 0.909 bits per heavy atom. The Bertz CT molecular complexity index is 1160. The van der Waals surface area contributed by atoms with Gasteiger partial charge in [0.2, 0.25) is 5.91 Å². The van der Waals surface area contributed by atoms with Crippen molar-refractivity contribution in [1.29, 1.82) is 0 Å². The minimum absolute atomic E-state index is 0.0817. The third kappa shape index (κ3) is 5.29. The molecule has 0 atom stereocenters. The van der Waals surface area contributed by atoms with Gasteiger partial charge in [0.25, 0.3) is 5.56 Å². The minimum atomic E-state index is -1.07. The average molecular weight is 443 g/mol. The minimum Gasteiger partial charge on any atom is -0.338 e. The molecule has 0 aliphatic carbocycles. The zero-order valence-electron chi connectivity index (χ0n) is 19.2. The standard InChI is InChI=1S/C27H30N4O2/c1-27(2,31-25(32)16-15-24(28-31)23-13-7-4-8-14-23)26(33)30-20-18-29(19-21-30)17-9-12-22-10-5-3-6-11-22/h3-16H,17-21H2,1-2H3/b12-9+. The highest BCUT2D eigenvalue weighted by molar-refractivity contribution is 5.83. The molecule has 1 aromatic heterocycles. The summed E-state index contributed by atoms with van der Waals surface area (Å²) in [6.07, 6.45) is 4.29. The number of benzene rings is 2. The highest BCUT2D eigenvalue weighted by Crippen LogP contribution is 2.20. The third-order valence-electron chi connectivity index (χ3n) is 6.06. The van der Waals surface area contributed by atoms with E-state index in [-0.39, 0.29) is 11.5 Å². The molecule has 0 unspecified atom stereocenters. The molecule has 170 valence electrons. The lowest BCUT2D eigenvalue weighted by Crippen LogP contribution is -2.56. The van der Waals surface area contributed by atoms with Crippen molar-refractivity contribution < 1.29 is 4.79 Å². The summed E-state index contributed by atoms with van der Waals surface area (Å²) < 4.78 is 1.33. The normalized spacial score (nSPS) is 15.2. The van der Waals surface area contributed by atoms with Gasteiger partial charge < -0.3 is 4.90 Å². The number of rotatable bonds is 6. The van der Waals surface area contributed by atoms with Crippen molar-refractivity contribution in [2.75, 3.05) is 32.7 Å². The summed E-state index contributed by atoms with van der Waals surface area (Å²) in [5, 5.41) is 4.55. The lowest BCUT2D eigenvalue weighted by atomic mass is 10.0. The number of hydrogen-bond acceptors (Lipinski definition) is 4. The van der Waals surface area contributed by atoms with E-state index in [0.29, 0.717) is 18.8 Å². The molecule has 1 aliphatic heterocycles. The van der Waals surface area contributed by atoms with Crippen LogP contribution in [0.2, 0.25) is 0 Å². The van der Waals surface area contributed by atoms with E-state index in [2.05, 4.69) is 34.3 Å². The predicted octanol–water partition coefficient (Wildman–Crippen LogP) is 3.50. The molecule has 0 N–H and O–H groups in total. The first-order valence-corrected chi connectivity index (χ1v) is 11.3. The molecule has 0 bridgehead atoms. The summed E-state index contributed by atoms with van der Waals surface area (Å²) in [4.78, 5) is 30.2. The maximum absolute atomic E-state index is 13.4. The van der Waals surface area contributed by atoms with Crippen LogP contribution in [0, 0.1) is 0 Å². The highest BCUT2D eigenvalue weighted by Gasteiger charge is 2.37. The van der Waals surface area contributed by atoms with Crippen molar-refractivity contribution in [3.05, 3.63) is 94.8 Å². The zero-order valence-corrected chi connectivity index (χ0v) is 19.2. The topological polar surface area (TPSA) is 58.4 Å². The summed E-state index contributed by atoms with van der Waals surface area (Å²) in [6, 6.07) is 23.1. The van der Waals surface area contributed by atoms with Crippen LogP contribution < -0.4 is 5.56 Å². The Labute approximate surface area is 194 Å². The number of aromatic nitrogens is 2. The molecule has 6 heteroatoms. The van der Waals surface area contributed by atoms with Crippen LogP contribution >= 0.6 is 0 Å². The molecule has 0 spiro atoms. The summed E-state index contributed by atoms with van der Waals surface area (Å²) in [5.41, 5.74) is 1.41. The summed E-state index contributed by atoms with van der Waals surface area (Å²) >= 11 is 0. The largest absolute Gasteiger partial charge is 0.338 e. The monoisotopic (exact) mass is 442 g/mol. The van der Waals surface area contributed by atoms with Gasteiger partial charge in [0.1, 0.15) is 5.54 Å². The van der Waals surface area contributed by atoms with Crippen molar-refractivity contribution in [2.24, 2.45) is 0 Å². The SMILES string of the molecule is CC(C)(C(=O)N1CCN(C/C=C/c2ccccc2)CC1)n1nc(-c2ccccc2)ccc1=O. The number of nitrogens with zero attached hydrogens (tertiary/aromatic N) is 4. The smallest absolute Gasteiger partial charge is 0.267 e. The first-order valence-electron chi connectivity index (χ1n) is 11.3. The lowest BCUT2D eigenvalue weighted by Gasteiger charge is -2.38. The summed E-state index contributed by atoms with van der Waals surface area (Å²) in [6.45, 7) is 7.26. The maximum Gasteiger partial charge on any atom is 0.267 e. The number of hydrogen-bond donors (Lipinski definition) is 0. The van der Waals surface area contributed by atoms with Crippen molar-refractivity contribution in [3.8, 4) is 11.3 Å². The van der Waals surface area contributed by atoms with Gasteiger partial charge in [0.15, 0.2) is 0 Å². The Hall–Kier alpha value is -3.51. The fourth-order valence-corrected chi connectivity index (χ4v) is 4.09. The second-order valence-corrected chi connectivity index (χ2v) is 8.80. The van der Waals surface area contributed by atoms with Gasteiger partial charge in [-0.3, -0.25) is 14.5 Å². The van der Waals surface area contributed by atoms with Crippen molar-refractivity contribution in [3.63, 3.8) is 0 Å². The van der Waals surface area contributed by atoms with Gasteiger partial charge in [-0.1, -0.05) is 72.8 Å². The predicted molar refractivity (Wildman–Crippen MR) is 132 cm³/mol. The van der Waals surface area contributed by atoms with Gasteiger partial charge in [-0.25, -0.2) is 4.68 Å². The Kier molecular flexibility index (Phi) is 6.84. The van der Waals surface area contributed by atoms with Gasteiger partial charge in [0, 0.05) is 44.4 Å². The van der Waals surface area contributed by atoms with Crippen molar-refractivity contribution in [2.45, 2.75) is 19.4 Å². The van der Waals surface area contributed by atoms with E-state index in [0.717, 1.165) is 25.2 Å². The molecular formula is C27H30N4O2. The first kappa shape index (κ1) is 22.7. The van der Waals surface area contributed by atoms with Crippen molar-refractivity contribution in [1.82, 2.24) is 19.6 Å². The number of carbonyl (C=O) groups is 1. The van der Waals surface area contributed by atoms with Gasteiger partial charge >= 0.3 is 0 Å². The van der Waals surface area contributed by atoms with Gasteiger partial charge in [-0.2, -0.15) is 5.10 Å². The molecule has 1 saturated heterocycles. The molecule has 6 nitrogen and oxygen atoms in total. The van der Waals surface area contributed by atoms with E-state index in [4.69, 9.17) is 0 Å². The highest BCUT2D eigenvalue weighted by atomic mass is 16.2. The number of piperazine rings is 1. The number of amides is 1. The molecule has 3 aromatic rings. The molecule has 2 heterocycles. The molecule has 33 heavy (non-hydrogen) atoms. The molecule has 1 amide bonds. The Morgan fingerprint density at radius 2 is 1.55 bits per heavy atom. The Morgan fingerprint density at radius 3 is 2.21 bits per heavy atom. The fourth-order valence-electron chi connectivity index (χ4n) is 4.09. The average Bonchev–Trinajstić information content (AvgIpc) is 2.85. The summed E-state index contributed by atoms with van der Waals surface area (Å²) in [7, 11) is 0. The number of carbonyl (C=O) groups excluding carboxylic acids is 1. The molecule has 0 radical (unpaired) electrons. The van der Waals surface area contributed by atoms with Gasteiger partial charge in [0.05, 0.1) is 5.69 Å². The quantitative estimate of drug-likeness (QED) is 0.586. The second kappa shape index (κ2) is 9.96. The lowest BCUT2D eigenvalue weighted by molar-refractivity contribution is -0.141. The van der Waals surface area contributed by atoms with Crippen LogP contribution in [0.3, 0.4) is 0 Å². The van der Waals surface area contributed by atoms with Gasteiger partial charge in [-0.15, -0.1) is 0 Å². The second-order valence-electron chi connectivity index (χ2n) is 8.80. The molecule has 4 rings (SSSR count). The van der Waals surface area contributed by atoms with E-state index in [9.17, 15) is 9.59 Å². The van der Waals surface area contributed by atoms with E-state index in [1.165, 1.54) is 16.3 Å². The summed E-state index contributed by atoms with van der Waals surface area (Å²) in [5.74, 6) is -0.0817. The molecule has 1 aliphatic rings. The Balaban J connectivity index is 1.41. The molecule has 1 fully saturated rings. The molecule has 2 aromatic carbocycles. The van der Waals surface area contributed by atoms with Crippen LogP contribution in [0.5, 0.6) is 0 Å². The zero-order chi connectivity index (χ0) is 23.3. The third-order valence-corrected chi connectivity index (χ3v) is 6.06. The fraction of sp³-hybridized carbons (Fsp3) is 0.296. The molecular weight excluding hydrogens is 412 g/mol. The van der Waals surface area contributed by atoms with Crippen LogP contribution in [-0.4, -0.2) is 58.2 Å². The van der Waals surface area contributed by atoms with Crippen LogP contribution in [0.25, 0.3) is 17.3 Å². The van der Waals surface area contributed by atoms with E-state index < -0.39 is 5.54 Å². The molecule has 0 saturated carbocycles. The van der Waals surface area contributed by atoms with Crippen LogP contribution in [0.15, 0.2) is 83.7 Å². The van der Waals surface area contributed by atoms with E-state index in [1.807, 2.05) is 53.4 Å². The first-order chi connectivity index (χ1) is 15.9. The van der Waals surface area contributed by atoms with E-state index in [1.54, 1.807) is 19.9 Å². The maximum atomic E-state index is 13.4. The van der Waals surface area contributed by atoms with Crippen molar-refractivity contribution >= 4 is 12.0 Å². The van der Waals surface area contributed by atoms with Crippen LogP contribution in [0.4, 0.5) is 0 Å². The van der Waals surface area contributed by atoms with E-state index >= 15 is 0 Å². The van der Waals surface area contributed by atoms with Crippen LogP contribution in [0.1, 0.15) is 19.4 Å².